The van der Waals surface area contributed by atoms with E-state index in [9.17, 15) is 0 Å². The van der Waals surface area contributed by atoms with Crippen molar-refractivity contribution in [2.75, 3.05) is 0 Å². The first-order chi connectivity index (χ1) is 7.83. The molecule has 0 unspecified atom stereocenters. The minimum Gasteiger partial charge on any atom is -0.472 e. The molecule has 2 aromatic rings. The summed E-state index contributed by atoms with van der Waals surface area (Å²) < 4.78 is 5.08. The Hall–Kier alpha value is -1.13. The molecule has 1 fully saturated rings. The van der Waals surface area contributed by atoms with Gasteiger partial charge in [-0.2, -0.15) is 0 Å². The predicted octanol–water partition coefficient (Wildman–Crippen LogP) is 2.96. The number of hydrogen-bond acceptors (Lipinski definition) is 4. The van der Waals surface area contributed by atoms with Gasteiger partial charge in [0.25, 0.3) is 0 Å². The molecule has 1 saturated carbocycles. The maximum Gasteiger partial charge on any atom is 0.127 e. The van der Waals surface area contributed by atoms with Gasteiger partial charge in [0.2, 0.25) is 0 Å². The van der Waals surface area contributed by atoms with Crippen LogP contribution in [-0.2, 0) is 6.54 Å². The van der Waals surface area contributed by atoms with E-state index in [2.05, 4.69) is 17.2 Å². The average molecular weight is 234 g/mol. The molecule has 1 aliphatic rings. The van der Waals surface area contributed by atoms with Crippen molar-refractivity contribution < 1.29 is 4.42 Å². The number of aromatic nitrogens is 1. The normalized spacial score (nSPS) is 15.6. The summed E-state index contributed by atoms with van der Waals surface area (Å²) in [5.41, 5.74) is 2.21. The third kappa shape index (κ3) is 2.03. The van der Waals surface area contributed by atoms with Crippen molar-refractivity contribution in [1.29, 1.82) is 0 Å². The Kier molecular flexibility index (Phi) is 2.53. The number of thiazole rings is 1. The third-order valence-electron chi connectivity index (χ3n) is 2.79. The lowest BCUT2D eigenvalue weighted by molar-refractivity contribution is 0.568. The van der Waals surface area contributed by atoms with Gasteiger partial charge in [-0.15, -0.1) is 11.3 Å². The van der Waals surface area contributed by atoms with Gasteiger partial charge in [-0.25, -0.2) is 4.98 Å². The van der Waals surface area contributed by atoms with E-state index in [-0.39, 0.29) is 0 Å². The molecule has 0 spiro atoms. The molecule has 4 heteroatoms. The third-order valence-corrected chi connectivity index (χ3v) is 4.00. The van der Waals surface area contributed by atoms with Gasteiger partial charge >= 0.3 is 0 Å². The zero-order valence-electron chi connectivity index (χ0n) is 9.19. The number of rotatable bonds is 4. The van der Waals surface area contributed by atoms with Crippen LogP contribution in [0.2, 0.25) is 0 Å². The SMILES string of the molecule is Cc1nc(-c2ccoc2)sc1CNC1CC1. The van der Waals surface area contributed by atoms with E-state index in [4.69, 9.17) is 4.42 Å². The first-order valence-electron chi connectivity index (χ1n) is 5.55. The molecule has 0 saturated heterocycles. The molecule has 3 rings (SSSR count). The van der Waals surface area contributed by atoms with Gasteiger partial charge < -0.3 is 9.73 Å². The van der Waals surface area contributed by atoms with Crippen molar-refractivity contribution >= 4 is 11.3 Å². The lowest BCUT2D eigenvalue weighted by atomic mass is 10.3. The fraction of sp³-hybridized carbons (Fsp3) is 0.417. The second-order valence-electron chi connectivity index (χ2n) is 4.19. The molecule has 0 aromatic carbocycles. The van der Waals surface area contributed by atoms with Crippen LogP contribution in [0.25, 0.3) is 10.6 Å². The van der Waals surface area contributed by atoms with Gasteiger partial charge in [-0.3, -0.25) is 0 Å². The van der Waals surface area contributed by atoms with Crippen molar-refractivity contribution in [3.8, 4) is 10.6 Å². The average Bonchev–Trinajstić information content (AvgIpc) is 2.80. The molecular weight excluding hydrogens is 220 g/mol. The second-order valence-corrected chi connectivity index (χ2v) is 5.28. The molecule has 2 aromatic heterocycles. The molecule has 0 atom stereocenters. The monoisotopic (exact) mass is 234 g/mol. The minimum atomic E-state index is 0.749. The largest absolute Gasteiger partial charge is 0.472 e. The number of furan rings is 1. The van der Waals surface area contributed by atoms with Gasteiger partial charge in [-0.05, 0) is 25.8 Å². The quantitative estimate of drug-likeness (QED) is 0.883. The van der Waals surface area contributed by atoms with E-state index in [0.717, 1.165) is 28.9 Å². The van der Waals surface area contributed by atoms with E-state index >= 15 is 0 Å². The highest BCUT2D eigenvalue weighted by Crippen LogP contribution is 2.29. The Balaban J connectivity index is 1.78. The van der Waals surface area contributed by atoms with Gasteiger partial charge in [-0.1, -0.05) is 0 Å². The zero-order chi connectivity index (χ0) is 11.0. The van der Waals surface area contributed by atoms with E-state index in [1.165, 1.54) is 17.7 Å². The Morgan fingerprint density at radius 1 is 1.56 bits per heavy atom. The van der Waals surface area contributed by atoms with Crippen LogP contribution in [0, 0.1) is 6.92 Å². The molecule has 1 N–H and O–H groups in total. The fourth-order valence-electron chi connectivity index (χ4n) is 1.63. The van der Waals surface area contributed by atoms with Gasteiger partial charge in [0.05, 0.1) is 12.0 Å². The molecule has 3 nitrogen and oxygen atoms in total. The van der Waals surface area contributed by atoms with Gasteiger partial charge in [0.1, 0.15) is 11.3 Å². The van der Waals surface area contributed by atoms with Crippen molar-refractivity contribution in [1.82, 2.24) is 10.3 Å². The summed E-state index contributed by atoms with van der Waals surface area (Å²) in [6, 6.07) is 2.70. The second kappa shape index (κ2) is 4.03. The van der Waals surface area contributed by atoms with Crippen LogP contribution in [0.4, 0.5) is 0 Å². The lowest BCUT2D eigenvalue weighted by Crippen LogP contribution is -2.14. The fourth-order valence-corrected chi connectivity index (χ4v) is 2.62. The highest BCUT2D eigenvalue weighted by atomic mass is 32.1. The summed E-state index contributed by atoms with van der Waals surface area (Å²) in [5.74, 6) is 0. The minimum absolute atomic E-state index is 0.749. The number of aryl methyl sites for hydroxylation is 1. The van der Waals surface area contributed by atoms with Crippen molar-refractivity contribution in [2.24, 2.45) is 0 Å². The summed E-state index contributed by atoms with van der Waals surface area (Å²) >= 11 is 1.75. The van der Waals surface area contributed by atoms with Crippen molar-refractivity contribution in [3.63, 3.8) is 0 Å². The van der Waals surface area contributed by atoms with Gasteiger partial charge in [0.15, 0.2) is 0 Å². The highest BCUT2D eigenvalue weighted by molar-refractivity contribution is 7.15. The Morgan fingerprint density at radius 3 is 3.12 bits per heavy atom. The predicted molar refractivity (Wildman–Crippen MR) is 64.4 cm³/mol. The molecule has 0 bridgehead atoms. The van der Waals surface area contributed by atoms with Crippen LogP contribution < -0.4 is 5.32 Å². The van der Waals surface area contributed by atoms with Crippen LogP contribution in [0.5, 0.6) is 0 Å². The highest BCUT2D eigenvalue weighted by Gasteiger charge is 2.21. The molecule has 0 amide bonds. The maximum atomic E-state index is 5.08. The molecule has 2 heterocycles. The summed E-state index contributed by atoms with van der Waals surface area (Å²) in [7, 11) is 0. The van der Waals surface area contributed by atoms with E-state index in [1.807, 2.05) is 6.07 Å². The lowest BCUT2D eigenvalue weighted by Gasteiger charge is -1.99. The summed E-state index contributed by atoms with van der Waals surface area (Å²) in [6.45, 7) is 3.02. The Morgan fingerprint density at radius 2 is 2.44 bits per heavy atom. The van der Waals surface area contributed by atoms with Crippen molar-refractivity contribution in [2.45, 2.75) is 32.4 Å². The van der Waals surface area contributed by atoms with Crippen LogP contribution >= 0.6 is 11.3 Å². The molecular formula is C12H14N2OS. The first kappa shape index (κ1) is 10.1. The Labute approximate surface area is 98.5 Å². The van der Waals surface area contributed by atoms with Crippen LogP contribution in [0.3, 0.4) is 0 Å². The standard InChI is InChI=1S/C12H14N2OS/c1-8-11(6-13-10-2-3-10)16-12(14-8)9-4-5-15-7-9/h4-5,7,10,13H,2-3,6H2,1H3. The van der Waals surface area contributed by atoms with E-state index < -0.39 is 0 Å². The molecule has 84 valence electrons. The van der Waals surface area contributed by atoms with Crippen molar-refractivity contribution in [3.05, 3.63) is 29.2 Å². The molecule has 16 heavy (non-hydrogen) atoms. The summed E-state index contributed by atoms with van der Waals surface area (Å²) in [4.78, 5) is 5.91. The smallest absolute Gasteiger partial charge is 0.127 e. The van der Waals surface area contributed by atoms with Crippen LogP contribution in [0.15, 0.2) is 23.0 Å². The number of nitrogens with zero attached hydrogens (tertiary/aromatic N) is 1. The first-order valence-corrected chi connectivity index (χ1v) is 6.37. The zero-order valence-corrected chi connectivity index (χ0v) is 10.0. The van der Waals surface area contributed by atoms with Crippen LogP contribution in [0.1, 0.15) is 23.4 Å². The van der Waals surface area contributed by atoms with Gasteiger partial charge in [0, 0.05) is 23.0 Å². The van der Waals surface area contributed by atoms with E-state index in [0.29, 0.717) is 0 Å². The van der Waals surface area contributed by atoms with Crippen LogP contribution in [-0.4, -0.2) is 11.0 Å². The molecule has 0 radical (unpaired) electrons. The topological polar surface area (TPSA) is 38.1 Å². The van der Waals surface area contributed by atoms with E-state index in [1.54, 1.807) is 23.9 Å². The summed E-state index contributed by atoms with van der Waals surface area (Å²) in [5, 5.41) is 4.57. The summed E-state index contributed by atoms with van der Waals surface area (Å²) in [6.07, 6.45) is 6.09. The molecule has 1 aliphatic carbocycles. The number of hydrogen-bond donors (Lipinski definition) is 1. The number of nitrogens with one attached hydrogen (secondary N) is 1. The maximum absolute atomic E-state index is 5.08. The molecule has 0 aliphatic heterocycles. The Bertz CT molecular complexity index is 471.